The molecule has 3 N–H and O–H groups in total. The van der Waals surface area contributed by atoms with E-state index in [0.717, 1.165) is 31.4 Å². The van der Waals surface area contributed by atoms with Crippen molar-refractivity contribution in [1.82, 2.24) is 25.3 Å². The standard InChI is InChI=1S/C24H31N7O3/c1-4-5-6-7-18(32)17-14-26-10-11-31(17)23-21-22(29-24(25)30-23)27-13-16(28-21)15-8-9-19(33-2)20(12-15)34-3/h8-9,12-13,17,26H,4-7,10-11,14H2,1-3H3,(H2,25,27,29,30). The first kappa shape index (κ1) is 23.6. The fourth-order valence-electron chi connectivity index (χ4n) is 4.21. The van der Waals surface area contributed by atoms with Crippen molar-refractivity contribution in [2.45, 2.75) is 38.6 Å². The Morgan fingerprint density at radius 1 is 1.18 bits per heavy atom. The lowest BCUT2D eigenvalue weighted by Gasteiger charge is -2.36. The summed E-state index contributed by atoms with van der Waals surface area (Å²) in [6.07, 6.45) is 5.18. The Morgan fingerprint density at radius 2 is 2.00 bits per heavy atom. The molecular formula is C24H31N7O3. The largest absolute Gasteiger partial charge is 0.493 e. The van der Waals surface area contributed by atoms with Crippen LogP contribution in [-0.4, -0.2) is 65.6 Å². The van der Waals surface area contributed by atoms with Crippen molar-refractivity contribution < 1.29 is 14.3 Å². The summed E-state index contributed by atoms with van der Waals surface area (Å²) in [7, 11) is 3.18. The second kappa shape index (κ2) is 10.6. The van der Waals surface area contributed by atoms with Crippen LogP contribution in [0.4, 0.5) is 11.8 Å². The van der Waals surface area contributed by atoms with Gasteiger partial charge in [0, 0.05) is 31.6 Å². The molecule has 10 nitrogen and oxygen atoms in total. The highest BCUT2D eigenvalue weighted by atomic mass is 16.5. The Morgan fingerprint density at radius 3 is 2.76 bits per heavy atom. The molecule has 3 aromatic rings. The van der Waals surface area contributed by atoms with Gasteiger partial charge < -0.3 is 25.4 Å². The Bertz CT molecular complexity index is 1170. The fraction of sp³-hybridized carbons (Fsp3) is 0.458. The minimum atomic E-state index is -0.338. The van der Waals surface area contributed by atoms with E-state index in [-0.39, 0.29) is 17.8 Å². The third-order valence-corrected chi connectivity index (χ3v) is 6.00. The normalized spacial score (nSPS) is 16.0. The van der Waals surface area contributed by atoms with E-state index in [1.807, 2.05) is 23.1 Å². The Hall–Kier alpha value is -3.53. The molecule has 1 aliphatic rings. The zero-order chi connectivity index (χ0) is 24.1. The third kappa shape index (κ3) is 4.86. The van der Waals surface area contributed by atoms with E-state index in [9.17, 15) is 4.79 Å². The maximum atomic E-state index is 13.1. The van der Waals surface area contributed by atoms with Crippen molar-refractivity contribution in [3.05, 3.63) is 24.4 Å². The van der Waals surface area contributed by atoms with Crippen molar-refractivity contribution in [2.75, 3.05) is 44.5 Å². The van der Waals surface area contributed by atoms with Crippen LogP contribution in [0.5, 0.6) is 11.5 Å². The van der Waals surface area contributed by atoms with Crippen LogP contribution in [0.2, 0.25) is 0 Å². The first-order chi connectivity index (χ1) is 16.5. The van der Waals surface area contributed by atoms with Gasteiger partial charge in [-0.05, 0) is 24.6 Å². The monoisotopic (exact) mass is 465 g/mol. The average molecular weight is 466 g/mol. The zero-order valence-electron chi connectivity index (χ0n) is 19.9. The van der Waals surface area contributed by atoms with Crippen molar-refractivity contribution in [3.63, 3.8) is 0 Å². The molecular weight excluding hydrogens is 434 g/mol. The van der Waals surface area contributed by atoms with Gasteiger partial charge in [-0.15, -0.1) is 0 Å². The minimum absolute atomic E-state index is 0.103. The number of fused-ring (bicyclic) bond motifs is 1. The summed E-state index contributed by atoms with van der Waals surface area (Å²) in [5, 5.41) is 3.33. The van der Waals surface area contributed by atoms with Crippen molar-refractivity contribution in [3.8, 4) is 22.8 Å². The van der Waals surface area contributed by atoms with Gasteiger partial charge >= 0.3 is 0 Å². The van der Waals surface area contributed by atoms with Crippen molar-refractivity contribution in [1.29, 1.82) is 0 Å². The molecule has 1 aliphatic heterocycles. The minimum Gasteiger partial charge on any atom is -0.493 e. The topological polar surface area (TPSA) is 128 Å². The lowest BCUT2D eigenvalue weighted by Crippen LogP contribution is -2.55. The predicted octanol–water partition coefficient (Wildman–Crippen LogP) is 2.61. The summed E-state index contributed by atoms with van der Waals surface area (Å²) in [5.41, 5.74) is 8.36. The van der Waals surface area contributed by atoms with E-state index < -0.39 is 0 Å². The molecule has 0 bridgehead atoms. The molecule has 1 fully saturated rings. The van der Waals surface area contributed by atoms with Gasteiger partial charge in [0.25, 0.3) is 0 Å². The molecule has 4 rings (SSSR count). The van der Waals surface area contributed by atoms with E-state index in [0.29, 0.717) is 53.7 Å². The number of aromatic nitrogens is 4. The second-order valence-corrected chi connectivity index (χ2v) is 8.24. The van der Waals surface area contributed by atoms with Crippen LogP contribution in [0.25, 0.3) is 22.4 Å². The maximum Gasteiger partial charge on any atom is 0.224 e. The molecule has 0 saturated carbocycles. The van der Waals surface area contributed by atoms with E-state index >= 15 is 0 Å². The smallest absolute Gasteiger partial charge is 0.224 e. The number of Topliss-reactive ketones (excluding diaryl/α,β-unsaturated/α-hetero) is 1. The first-order valence-electron chi connectivity index (χ1n) is 11.6. The van der Waals surface area contributed by atoms with Gasteiger partial charge in [0.05, 0.1) is 26.1 Å². The molecule has 1 unspecified atom stereocenters. The number of nitrogens with zero attached hydrogens (tertiary/aromatic N) is 5. The quantitative estimate of drug-likeness (QED) is 0.455. The zero-order valence-corrected chi connectivity index (χ0v) is 19.9. The Kier molecular flexibility index (Phi) is 7.36. The summed E-state index contributed by atoms with van der Waals surface area (Å²) >= 11 is 0. The summed E-state index contributed by atoms with van der Waals surface area (Å²) in [4.78, 5) is 33.2. The second-order valence-electron chi connectivity index (χ2n) is 8.24. The van der Waals surface area contributed by atoms with E-state index in [2.05, 4.69) is 27.2 Å². The lowest BCUT2D eigenvalue weighted by molar-refractivity contribution is -0.120. The molecule has 0 spiro atoms. The molecule has 0 aliphatic carbocycles. The number of carbonyl (C=O) groups excluding carboxylic acids is 1. The first-order valence-corrected chi connectivity index (χ1v) is 11.6. The molecule has 3 heterocycles. The van der Waals surface area contributed by atoms with Crippen LogP contribution in [-0.2, 0) is 4.79 Å². The van der Waals surface area contributed by atoms with Crippen LogP contribution in [0.15, 0.2) is 24.4 Å². The van der Waals surface area contributed by atoms with Crippen LogP contribution < -0.4 is 25.4 Å². The maximum absolute atomic E-state index is 13.1. The Labute approximate surface area is 198 Å². The molecule has 34 heavy (non-hydrogen) atoms. The number of ether oxygens (including phenoxy) is 2. The van der Waals surface area contributed by atoms with Crippen LogP contribution in [0.3, 0.4) is 0 Å². The predicted molar refractivity (Wildman–Crippen MR) is 131 cm³/mol. The van der Waals surface area contributed by atoms with Gasteiger partial charge in [0.2, 0.25) is 5.95 Å². The fourth-order valence-corrected chi connectivity index (χ4v) is 4.21. The SMILES string of the molecule is CCCCCC(=O)C1CNCCN1c1nc(N)nc2ncc(-c3ccc(OC)c(OC)c3)nc12. The van der Waals surface area contributed by atoms with Crippen LogP contribution in [0, 0.1) is 0 Å². The molecule has 10 heteroatoms. The highest BCUT2D eigenvalue weighted by molar-refractivity contribution is 5.92. The van der Waals surface area contributed by atoms with Gasteiger partial charge in [-0.25, -0.2) is 9.97 Å². The molecule has 0 amide bonds. The number of unbranched alkanes of at least 4 members (excludes halogenated alkanes) is 2. The van der Waals surface area contributed by atoms with Gasteiger partial charge in [0.1, 0.15) is 6.04 Å². The van der Waals surface area contributed by atoms with Crippen molar-refractivity contribution in [2.24, 2.45) is 0 Å². The number of methoxy groups -OCH3 is 2. The number of anilines is 2. The van der Waals surface area contributed by atoms with Gasteiger partial charge in [-0.3, -0.25) is 4.79 Å². The number of benzene rings is 1. The lowest BCUT2D eigenvalue weighted by atomic mass is 10.0. The van der Waals surface area contributed by atoms with Crippen LogP contribution >= 0.6 is 0 Å². The molecule has 1 atom stereocenters. The number of piperazine rings is 1. The summed E-state index contributed by atoms with van der Waals surface area (Å²) < 4.78 is 10.8. The van der Waals surface area contributed by atoms with Gasteiger partial charge in [0.15, 0.2) is 34.3 Å². The van der Waals surface area contributed by atoms with E-state index in [1.165, 1.54) is 0 Å². The summed E-state index contributed by atoms with van der Waals surface area (Å²) in [5.74, 6) is 2.05. The molecule has 0 radical (unpaired) electrons. The molecule has 2 aromatic heterocycles. The number of rotatable bonds is 9. The summed E-state index contributed by atoms with van der Waals surface area (Å²) in [6, 6.07) is 5.22. The molecule has 180 valence electrons. The number of hydrogen-bond donors (Lipinski definition) is 2. The Balaban J connectivity index is 1.75. The highest BCUT2D eigenvalue weighted by Crippen LogP contribution is 2.33. The number of nitrogens with two attached hydrogens (primary N) is 1. The van der Waals surface area contributed by atoms with Crippen LogP contribution in [0.1, 0.15) is 32.6 Å². The average Bonchev–Trinajstić information content (AvgIpc) is 2.87. The van der Waals surface area contributed by atoms with E-state index in [4.69, 9.17) is 20.2 Å². The molecule has 1 aromatic carbocycles. The number of nitrogens with one attached hydrogen (secondary N) is 1. The highest BCUT2D eigenvalue weighted by Gasteiger charge is 2.31. The number of nitrogen functional groups attached to an aromatic ring is 1. The molecule has 1 saturated heterocycles. The van der Waals surface area contributed by atoms with Gasteiger partial charge in [-0.2, -0.15) is 9.97 Å². The van der Waals surface area contributed by atoms with Gasteiger partial charge in [-0.1, -0.05) is 19.8 Å². The number of carbonyl (C=O) groups is 1. The third-order valence-electron chi connectivity index (χ3n) is 6.00. The summed E-state index contributed by atoms with van der Waals surface area (Å²) in [6.45, 7) is 4.02. The van der Waals surface area contributed by atoms with E-state index in [1.54, 1.807) is 20.4 Å². The van der Waals surface area contributed by atoms with Crippen molar-refractivity contribution >= 4 is 28.7 Å². The number of hydrogen-bond acceptors (Lipinski definition) is 10. The number of ketones is 1.